The number of hydrogen-bond donors (Lipinski definition) is 1. The number of nitrogens with zero attached hydrogens (tertiary/aromatic N) is 1. The summed E-state index contributed by atoms with van der Waals surface area (Å²) in [5, 5.41) is 9.79. The van der Waals surface area contributed by atoms with Crippen molar-refractivity contribution in [2.24, 2.45) is 0 Å². The first-order valence-electron chi connectivity index (χ1n) is 4.80. The largest absolute Gasteiger partial charge is 0.390 e. The van der Waals surface area contributed by atoms with Gasteiger partial charge in [0, 0.05) is 6.42 Å². The molecule has 2 aromatic rings. The van der Waals surface area contributed by atoms with Crippen molar-refractivity contribution in [1.29, 1.82) is 0 Å². The Morgan fingerprint density at radius 2 is 2.29 bits per heavy atom. The number of hydrogen-bond acceptors (Lipinski definition) is 3. The van der Waals surface area contributed by atoms with E-state index in [0.29, 0.717) is 0 Å². The fraction of sp³-hybridized carbons (Fsp3) is 0.364. The van der Waals surface area contributed by atoms with Gasteiger partial charge in [0.2, 0.25) is 0 Å². The van der Waals surface area contributed by atoms with E-state index in [1.54, 1.807) is 11.3 Å². The summed E-state index contributed by atoms with van der Waals surface area (Å²) in [6.45, 7) is 0. The van der Waals surface area contributed by atoms with Gasteiger partial charge >= 0.3 is 0 Å². The number of rotatable bonds is 2. The van der Waals surface area contributed by atoms with Crippen LogP contribution in [-0.2, 0) is 6.42 Å². The minimum Gasteiger partial charge on any atom is -0.390 e. The van der Waals surface area contributed by atoms with Crippen molar-refractivity contribution < 1.29 is 5.11 Å². The molecule has 0 aliphatic heterocycles. The molecule has 3 rings (SSSR count). The zero-order valence-corrected chi connectivity index (χ0v) is 8.55. The second kappa shape index (κ2) is 2.78. The molecule has 1 aromatic heterocycles. The van der Waals surface area contributed by atoms with Crippen molar-refractivity contribution >= 4 is 21.6 Å². The molecule has 3 heteroatoms. The molecule has 0 saturated heterocycles. The zero-order valence-electron chi connectivity index (χ0n) is 7.73. The number of thiazole rings is 1. The molecule has 1 N–H and O–H groups in total. The zero-order chi connectivity index (χ0) is 9.60. The SMILES string of the molecule is OC1(Cc2ccc3ncsc3c2)CC1. The van der Waals surface area contributed by atoms with E-state index in [4.69, 9.17) is 0 Å². The van der Waals surface area contributed by atoms with Gasteiger partial charge in [-0.1, -0.05) is 6.07 Å². The van der Waals surface area contributed by atoms with Gasteiger partial charge in [-0.15, -0.1) is 11.3 Å². The van der Waals surface area contributed by atoms with Crippen LogP contribution in [0.5, 0.6) is 0 Å². The molecule has 0 spiro atoms. The van der Waals surface area contributed by atoms with E-state index >= 15 is 0 Å². The highest BCUT2D eigenvalue weighted by Crippen LogP contribution is 2.38. The van der Waals surface area contributed by atoms with Gasteiger partial charge in [-0.2, -0.15) is 0 Å². The van der Waals surface area contributed by atoms with Crippen LogP contribution in [0.2, 0.25) is 0 Å². The van der Waals surface area contributed by atoms with E-state index in [2.05, 4.69) is 17.1 Å². The molecule has 14 heavy (non-hydrogen) atoms. The predicted molar refractivity (Wildman–Crippen MR) is 57.5 cm³/mol. The number of aliphatic hydroxyl groups is 1. The smallest absolute Gasteiger partial charge is 0.0812 e. The van der Waals surface area contributed by atoms with Crippen molar-refractivity contribution in [2.45, 2.75) is 24.9 Å². The van der Waals surface area contributed by atoms with E-state index in [9.17, 15) is 5.11 Å². The highest BCUT2D eigenvalue weighted by molar-refractivity contribution is 7.16. The highest BCUT2D eigenvalue weighted by Gasteiger charge is 2.40. The average Bonchev–Trinajstić information content (AvgIpc) is 2.73. The topological polar surface area (TPSA) is 33.1 Å². The first-order valence-corrected chi connectivity index (χ1v) is 5.68. The van der Waals surface area contributed by atoms with Crippen LogP contribution in [0.4, 0.5) is 0 Å². The molecule has 1 aliphatic rings. The van der Waals surface area contributed by atoms with E-state index in [1.807, 2.05) is 11.6 Å². The summed E-state index contributed by atoms with van der Waals surface area (Å²) in [7, 11) is 0. The molecule has 0 bridgehead atoms. The van der Waals surface area contributed by atoms with Gasteiger partial charge in [0.25, 0.3) is 0 Å². The lowest BCUT2D eigenvalue weighted by Crippen LogP contribution is -2.10. The third-order valence-electron chi connectivity index (χ3n) is 2.76. The summed E-state index contributed by atoms with van der Waals surface area (Å²) < 4.78 is 1.21. The first-order chi connectivity index (χ1) is 6.75. The monoisotopic (exact) mass is 205 g/mol. The second-order valence-electron chi connectivity index (χ2n) is 4.06. The van der Waals surface area contributed by atoms with Crippen molar-refractivity contribution in [3.8, 4) is 0 Å². The molecular formula is C11H11NOS. The van der Waals surface area contributed by atoms with Gasteiger partial charge in [-0.3, -0.25) is 0 Å². The Kier molecular flexibility index (Phi) is 1.66. The molecule has 2 nitrogen and oxygen atoms in total. The normalized spacial score (nSPS) is 18.6. The lowest BCUT2D eigenvalue weighted by molar-refractivity contribution is 0.151. The van der Waals surface area contributed by atoms with E-state index in [1.165, 1.54) is 10.3 Å². The highest BCUT2D eigenvalue weighted by atomic mass is 32.1. The van der Waals surface area contributed by atoms with Crippen molar-refractivity contribution in [3.05, 3.63) is 29.3 Å². The van der Waals surface area contributed by atoms with Gasteiger partial charge in [0.1, 0.15) is 0 Å². The maximum atomic E-state index is 9.79. The van der Waals surface area contributed by atoms with E-state index < -0.39 is 5.60 Å². The van der Waals surface area contributed by atoms with Crippen molar-refractivity contribution in [1.82, 2.24) is 4.98 Å². The van der Waals surface area contributed by atoms with Crippen LogP contribution >= 0.6 is 11.3 Å². The van der Waals surface area contributed by atoms with Gasteiger partial charge < -0.3 is 5.11 Å². The lowest BCUT2D eigenvalue weighted by atomic mass is 10.1. The quantitative estimate of drug-likeness (QED) is 0.816. The van der Waals surface area contributed by atoms with Gasteiger partial charge in [-0.05, 0) is 30.5 Å². The molecule has 1 aliphatic carbocycles. The average molecular weight is 205 g/mol. The molecule has 72 valence electrons. The Balaban J connectivity index is 1.97. The van der Waals surface area contributed by atoms with Crippen LogP contribution in [0.1, 0.15) is 18.4 Å². The lowest BCUT2D eigenvalue weighted by Gasteiger charge is -2.06. The van der Waals surface area contributed by atoms with Crippen LogP contribution < -0.4 is 0 Å². The minimum absolute atomic E-state index is 0.391. The fourth-order valence-electron chi connectivity index (χ4n) is 1.71. The molecule has 0 amide bonds. The maximum absolute atomic E-state index is 9.79. The number of fused-ring (bicyclic) bond motifs is 1. The third-order valence-corrected chi connectivity index (χ3v) is 3.55. The number of aromatic nitrogens is 1. The molecular weight excluding hydrogens is 194 g/mol. The second-order valence-corrected chi connectivity index (χ2v) is 4.94. The van der Waals surface area contributed by atoms with Crippen molar-refractivity contribution in [3.63, 3.8) is 0 Å². The molecule has 1 aromatic carbocycles. The standard InChI is InChI=1S/C11H11NOS/c13-11(3-4-11)6-8-1-2-9-10(5-8)14-7-12-9/h1-2,5,7,13H,3-4,6H2. The Morgan fingerprint density at radius 1 is 1.43 bits per heavy atom. The maximum Gasteiger partial charge on any atom is 0.0812 e. The number of benzene rings is 1. The summed E-state index contributed by atoms with van der Waals surface area (Å²) in [6, 6.07) is 6.24. The fourth-order valence-corrected chi connectivity index (χ4v) is 2.45. The van der Waals surface area contributed by atoms with E-state index in [0.717, 1.165) is 24.8 Å². The van der Waals surface area contributed by atoms with Gasteiger partial charge in [-0.25, -0.2) is 4.98 Å². The third kappa shape index (κ3) is 1.42. The predicted octanol–water partition coefficient (Wildman–Crippen LogP) is 2.36. The molecule has 0 atom stereocenters. The molecule has 1 saturated carbocycles. The molecule has 0 unspecified atom stereocenters. The summed E-state index contributed by atoms with van der Waals surface area (Å²) >= 11 is 1.66. The Morgan fingerprint density at radius 3 is 3.07 bits per heavy atom. The minimum atomic E-state index is -0.391. The molecule has 1 heterocycles. The Bertz CT molecular complexity index is 473. The van der Waals surface area contributed by atoms with Crippen LogP contribution in [0.3, 0.4) is 0 Å². The summed E-state index contributed by atoms with van der Waals surface area (Å²) in [5.74, 6) is 0. The molecule has 1 fully saturated rings. The first kappa shape index (κ1) is 8.38. The summed E-state index contributed by atoms with van der Waals surface area (Å²) in [4.78, 5) is 4.23. The Labute approximate surface area is 86.2 Å². The van der Waals surface area contributed by atoms with Gasteiger partial charge in [0.05, 0.1) is 21.3 Å². The van der Waals surface area contributed by atoms with Crippen LogP contribution in [-0.4, -0.2) is 15.7 Å². The van der Waals surface area contributed by atoms with Crippen molar-refractivity contribution in [2.75, 3.05) is 0 Å². The summed E-state index contributed by atoms with van der Waals surface area (Å²) in [6.07, 6.45) is 2.70. The van der Waals surface area contributed by atoms with Crippen LogP contribution in [0.15, 0.2) is 23.7 Å². The Hall–Kier alpha value is -0.930. The molecule has 0 radical (unpaired) electrons. The van der Waals surface area contributed by atoms with Crippen LogP contribution in [0.25, 0.3) is 10.2 Å². The van der Waals surface area contributed by atoms with Crippen LogP contribution in [0, 0.1) is 0 Å². The van der Waals surface area contributed by atoms with Gasteiger partial charge in [0.15, 0.2) is 0 Å². The van der Waals surface area contributed by atoms with E-state index in [-0.39, 0.29) is 0 Å². The summed E-state index contributed by atoms with van der Waals surface area (Å²) in [5.41, 5.74) is 3.75.